The van der Waals surface area contributed by atoms with Crippen molar-refractivity contribution in [2.75, 3.05) is 23.7 Å². The minimum Gasteiger partial charge on any atom is -0.365 e. The zero-order valence-corrected chi connectivity index (χ0v) is 14.8. The molecule has 0 bridgehead atoms. The van der Waals surface area contributed by atoms with Gasteiger partial charge in [0.25, 0.3) is 5.91 Å². The zero-order valence-electron chi connectivity index (χ0n) is 14.8. The fraction of sp³-hybridized carbons (Fsp3) is 0.263. The van der Waals surface area contributed by atoms with E-state index in [-0.39, 0.29) is 11.6 Å². The summed E-state index contributed by atoms with van der Waals surface area (Å²) >= 11 is 0. The van der Waals surface area contributed by atoms with E-state index in [1.54, 1.807) is 6.20 Å². The van der Waals surface area contributed by atoms with Gasteiger partial charge in [0.15, 0.2) is 0 Å². The summed E-state index contributed by atoms with van der Waals surface area (Å²) in [6.45, 7) is 1.89. The average Bonchev–Trinajstić information content (AvgIpc) is 2.69. The molecule has 2 aromatic heterocycles. The van der Waals surface area contributed by atoms with Crippen molar-refractivity contribution in [3.63, 3.8) is 0 Å². The van der Waals surface area contributed by atoms with E-state index in [0.717, 1.165) is 42.5 Å². The number of aromatic nitrogens is 3. The van der Waals surface area contributed by atoms with Crippen molar-refractivity contribution in [3.8, 4) is 0 Å². The Kier molecular flexibility index (Phi) is 4.80. The summed E-state index contributed by atoms with van der Waals surface area (Å²) in [5.41, 5.74) is 7.34. The summed E-state index contributed by atoms with van der Waals surface area (Å²) in [5, 5.41) is 10.8. The van der Waals surface area contributed by atoms with Crippen LogP contribution in [0.15, 0.2) is 42.7 Å². The van der Waals surface area contributed by atoms with E-state index in [4.69, 9.17) is 5.73 Å². The van der Waals surface area contributed by atoms with Crippen molar-refractivity contribution in [3.05, 3.63) is 48.3 Å². The van der Waals surface area contributed by atoms with Gasteiger partial charge < -0.3 is 21.7 Å². The van der Waals surface area contributed by atoms with Crippen molar-refractivity contribution < 1.29 is 4.79 Å². The highest BCUT2D eigenvalue weighted by molar-refractivity contribution is 5.98. The number of para-hydroxylation sites is 1. The van der Waals surface area contributed by atoms with Crippen molar-refractivity contribution in [2.45, 2.75) is 18.9 Å². The molecule has 8 nitrogen and oxygen atoms in total. The molecule has 1 saturated heterocycles. The lowest BCUT2D eigenvalue weighted by atomic mass is 10.1. The first-order chi connectivity index (χ1) is 13.2. The summed E-state index contributed by atoms with van der Waals surface area (Å²) in [5.74, 6) is 0.239. The minimum absolute atomic E-state index is 0.232. The number of fused-ring (bicyclic) bond motifs is 1. The number of hydrogen-bond donors (Lipinski definition) is 4. The summed E-state index contributed by atoms with van der Waals surface area (Å²) in [6.07, 6.45) is 5.30. The summed E-state index contributed by atoms with van der Waals surface area (Å²) in [7, 11) is 0. The average molecular weight is 363 g/mol. The van der Waals surface area contributed by atoms with Crippen molar-refractivity contribution >= 4 is 34.3 Å². The number of amides is 1. The van der Waals surface area contributed by atoms with Crippen molar-refractivity contribution in [2.24, 2.45) is 5.73 Å². The number of anilines is 3. The molecule has 27 heavy (non-hydrogen) atoms. The van der Waals surface area contributed by atoms with Crippen LogP contribution in [0, 0.1) is 0 Å². The van der Waals surface area contributed by atoms with Crippen LogP contribution in [-0.4, -0.2) is 40.0 Å². The normalized spacial score (nSPS) is 16.8. The molecule has 3 heterocycles. The number of benzene rings is 1. The quantitative estimate of drug-likeness (QED) is 0.548. The van der Waals surface area contributed by atoms with Crippen LogP contribution in [0.25, 0.3) is 10.9 Å². The second-order valence-corrected chi connectivity index (χ2v) is 6.55. The van der Waals surface area contributed by atoms with E-state index < -0.39 is 5.91 Å². The largest absolute Gasteiger partial charge is 0.365 e. The van der Waals surface area contributed by atoms with Gasteiger partial charge in [-0.15, -0.1) is 0 Å². The van der Waals surface area contributed by atoms with Crippen LogP contribution in [0.5, 0.6) is 0 Å². The number of carbonyl (C=O) groups excluding carboxylic acids is 1. The molecule has 1 amide bonds. The number of nitrogens with two attached hydrogens (primary N) is 1. The number of piperidine rings is 1. The molecule has 1 aliphatic heterocycles. The highest BCUT2D eigenvalue weighted by Crippen LogP contribution is 2.22. The first kappa shape index (κ1) is 17.2. The lowest BCUT2D eigenvalue weighted by Crippen LogP contribution is -2.38. The lowest BCUT2D eigenvalue weighted by Gasteiger charge is -2.24. The molecule has 0 spiro atoms. The second kappa shape index (κ2) is 7.55. The predicted molar refractivity (Wildman–Crippen MR) is 105 cm³/mol. The van der Waals surface area contributed by atoms with E-state index in [9.17, 15) is 4.79 Å². The van der Waals surface area contributed by atoms with Crippen LogP contribution in [0.1, 0.15) is 23.2 Å². The SMILES string of the molecule is NC(=O)c1cnc(N[C@H]2CCCNC2)nc1Nc1cnc2ccccc2c1. The van der Waals surface area contributed by atoms with Gasteiger partial charge in [0.2, 0.25) is 5.95 Å². The van der Waals surface area contributed by atoms with E-state index in [2.05, 4.69) is 30.9 Å². The Bertz CT molecular complexity index is 969. The Morgan fingerprint density at radius 3 is 2.93 bits per heavy atom. The first-order valence-electron chi connectivity index (χ1n) is 8.95. The van der Waals surface area contributed by atoms with Gasteiger partial charge >= 0.3 is 0 Å². The third-order valence-corrected chi connectivity index (χ3v) is 4.54. The molecular weight excluding hydrogens is 342 g/mol. The Labute approximate surface area is 156 Å². The number of pyridine rings is 1. The van der Waals surface area contributed by atoms with Gasteiger partial charge in [0.1, 0.15) is 11.4 Å². The monoisotopic (exact) mass is 363 g/mol. The molecule has 8 heteroatoms. The number of primary amides is 1. The molecule has 0 unspecified atom stereocenters. The number of nitrogens with zero attached hydrogens (tertiary/aromatic N) is 3. The fourth-order valence-corrected chi connectivity index (χ4v) is 3.16. The standard InChI is InChI=1S/C19H21N7O/c20-17(27)15-11-23-19(25-13-5-3-7-21-9-13)26-18(15)24-14-8-12-4-1-2-6-16(12)22-10-14/h1-2,4,6,8,10-11,13,21H,3,5,7,9H2,(H2,20,27)(H2,23,24,25,26)/t13-/m0/s1. The van der Waals surface area contributed by atoms with Crippen LogP contribution >= 0.6 is 0 Å². The highest BCUT2D eigenvalue weighted by Gasteiger charge is 2.17. The molecule has 3 aromatic rings. The molecule has 0 aliphatic carbocycles. The highest BCUT2D eigenvalue weighted by atomic mass is 16.1. The molecule has 1 fully saturated rings. The third-order valence-electron chi connectivity index (χ3n) is 4.54. The molecule has 4 rings (SSSR count). The Hall–Kier alpha value is -3.26. The van der Waals surface area contributed by atoms with Crippen LogP contribution in [0.4, 0.5) is 17.5 Å². The molecular formula is C19H21N7O. The van der Waals surface area contributed by atoms with Gasteiger partial charge in [-0.1, -0.05) is 18.2 Å². The van der Waals surface area contributed by atoms with Gasteiger partial charge in [0.05, 0.1) is 17.4 Å². The molecule has 0 saturated carbocycles. The zero-order chi connectivity index (χ0) is 18.6. The third kappa shape index (κ3) is 3.95. The van der Waals surface area contributed by atoms with Gasteiger partial charge in [-0.3, -0.25) is 9.78 Å². The molecule has 138 valence electrons. The topological polar surface area (TPSA) is 118 Å². The number of nitrogens with one attached hydrogen (secondary N) is 3. The maximum atomic E-state index is 11.8. The summed E-state index contributed by atoms with van der Waals surface area (Å²) in [6, 6.07) is 10.0. The van der Waals surface area contributed by atoms with Gasteiger partial charge in [-0.25, -0.2) is 4.98 Å². The smallest absolute Gasteiger partial charge is 0.254 e. The second-order valence-electron chi connectivity index (χ2n) is 6.55. The first-order valence-corrected chi connectivity index (χ1v) is 8.95. The Balaban J connectivity index is 1.61. The van der Waals surface area contributed by atoms with Crippen molar-refractivity contribution in [1.82, 2.24) is 20.3 Å². The molecule has 0 radical (unpaired) electrons. The van der Waals surface area contributed by atoms with E-state index in [1.807, 2.05) is 30.3 Å². The van der Waals surface area contributed by atoms with Crippen LogP contribution in [0.3, 0.4) is 0 Å². The molecule has 1 atom stereocenters. The summed E-state index contributed by atoms with van der Waals surface area (Å²) in [4.78, 5) is 24.9. The van der Waals surface area contributed by atoms with Crippen LogP contribution in [0.2, 0.25) is 0 Å². The van der Waals surface area contributed by atoms with Crippen LogP contribution in [-0.2, 0) is 0 Å². The van der Waals surface area contributed by atoms with Gasteiger partial charge in [-0.2, -0.15) is 4.98 Å². The minimum atomic E-state index is -0.586. The van der Waals surface area contributed by atoms with Gasteiger partial charge in [-0.05, 0) is 31.5 Å². The predicted octanol–water partition coefficient (Wildman–Crippen LogP) is 2.03. The maximum absolute atomic E-state index is 11.8. The number of carbonyl (C=O) groups is 1. The maximum Gasteiger partial charge on any atom is 0.254 e. The van der Waals surface area contributed by atoms with E-state index >= 15 is 0 Å². The summed E-state index contributed by atoms with van der Waals surface area (Å²) < 4.78 is 0. The van der Waals surface area contributed by atoms with E-state index in [0.29, 0.717) is 11.8 Å². The fourth-order valence-electron chi connectivity index (χ4n) is 3.16. The van der Waals surface area contributed by atoms with Crippen molar-refractivity contribution in [1.29, 1.82) is 0 Å². The molecule has 1 aliphatic rings. The Morgan fingerprint density at radius 1 is 1.22 bits per heavy atom. The van der Waals surface area contributed by atoms with E-state index in [1.165, 1.54) is 6.20 Å². The molecule has 5 N–H and O–H groups in total. The van der Waals surface area contributed by atoms with Gasteiger partial charge in [0, 0.05) is 24.2 Å². The lowest BCUT2D eigenvalue weighted by molar-refractivity contribution is 0.100. The van der Waals surface area contributed by atoms with Crippen LogP contribution < -0.4 is 21.7 Å². The number of rotatable bonds is 5. The molecule has 1 aromatic carbocycles. The Morgan fingerprint density at radius 2 is 2.11 bits per heavy atom. The number of hydrogen-bond acceptors (Lipinski definition) is 7.